The Morgan fingerprint density at radius 2 is 1.81 bits per heavy atom. The zero-order chi connectivity index (χ0) is 19.2. The van der Waals surface area contributed by atoms with Gasteiger partial charge in [-0.3, -0.25) is 9.48 Å². The predicted molar refractivity (Wildman–Crippen MR) is 107 cm³/mol. The summed E-state index contributed by atoms with van der Waals surface area (Å²) < 4.78 is 7.54. The van der Waals surface area contributed by atoms with E-state index in [0.29, 0.717) is 18.8 Å². The van der Waals surface area contributed by atoms with Gasteiger partial charge < -0.3 is 10.1 Å². The number of carbonyl (C=O) groups is 1. The molecule has 0 spiro atoms. The van der Waals surface area contributed by atoms with Crippen LogP contribution in [0.3, 0.4) is 0 Å². The van der Waals surface area contributed by atoms with Gasteiger partial charge in [-0.1, -0.05) is 62.4 Å². The molecule has 1 N–H and O–H groups in total. The fraction of sp³-hybridized carbons (Fsp3) is 0.273. The van der Waals surface area contributed by atoms with Crippen molar-refractivity contribution in [1.82, 2.24) is 15.1 Å². The Kier molecular flexibility index (Phi) is 5.91. The highest BCUT2D eigenvalue weighted by Gasteiger charge is 2.14. The second kappa shape index (κ2) is 8.54. The maximum Gasteiger partial charge on any atom is 0.269 e. The van der Waals surface area contributed by atoms with E-state index in [9.17, 15) is 4.79 Å². The van der Waals surface area contributed by atoms with Gasteiger partial charge in [0.05, 0.1) is 12.2 Å². The zero-order valence-electron chi connectivity index (χ0n) is 16.0. The molecule has 0 bridgehead atoms. The molecule has 0 atom stereocenters. The van der Waals surface area contributed by atoms with E-state index in [1.807, 2.05) is 48.5 Å². The van der Waals surface area contributed by atoms with Crippen LogP contribution in [0, 0.1) is 0 Å². The van der Waals surface area contributed by atoms with Crippen LogP contribution < -0.4 is 10.1 Å². The topological polar surface area (TPSA) is 56.1 Å². The minimum atomic E-state index is -0.142. The van der Waals surface area contributed by atoms with Crippen LogP contribution in [0.15, 0.2) is 60.7 Å². The van der Waals surface area contributed by atoms with Gasteiger partial charge in [0.25, 0.3) is 5.91 Å². The molecule has 0 fully saturated rings. The van der Waals surface area contributed by atoms with Crippen molar-refractivity contribution >= 4 is 5.91 Å². The second-order valence-corrected chi connectivity index (χ2v) is 6.70. The Hall–Kier alpha value is -3.08. The van der Waals surface area contributed by atoms with Crippen molar-refractivity contribution in [3.05, 3.63) is 72.1 Å². The Morgan fingerprint density at radius 1 is 1.11 bits per heavy atom. The molecule has 0 saturated carbocycles. The smallest absolute Gasteiger partial charge is 0.269 e. The number of hydrogen-bond donors (Lipinski definition) is 1. The highest BCUT2D eigenvalue weighted by atomic mass is 16.5. The van der Waals surface area contributed by atoms with Gasteiger partial charge in [-0.15, -0.1) is 0 Å². The highest BCUT2D eigenvalue weighted by Crippen LogP contribution is 2.29. The Labute approximate surface area is 160 Å². The first-order chi connectivity index (χ1) is 13.1. The first-order valence-corrected chi connectivity index (χ1v) is 9.15. The molecule has 3 rings (SSSR count). The lowest BCUT2D eigenvalue weighted by atomic mass is 10.1. The number of aromatic nitrogens is 2. The molecule has 5 nitrogen and oxygen atoms in total. The van der Waals surface area contributed by atoms with E-state index in [1.54, 1.807) is 11.7 Å². The molecular weight excluding hydrogens is 338 g/mol. The Morgan fingerprint density at radius 3 is 2.52 bits per heavy atom. The third kappa shape index (κ3) is 4.56. The molecule has 2 aromatic carbocycles. The van der Waals surface area contributed by atoms with E-state index in [0.717, 1.165) is 22.6 Å². The first-order valence-electron chi connectivity index (χ1n) is 9.15. The Balaban J connectivity index is 1.58. The predicted octanol–water partition coefficient (Wildman–Crippen LogP) is 4.02. The SMILES string of the molecule is CC(C)c1cc(C(=O)NCCOc2ccccc2-c2ccccc2)n(C)n1. The van der Waals surface area contributed by atoms with Gasteiger partial charge in [-0.25, -0.2) is 0 Å². The molecule has 1 aromatic heterocycles. The fourth-order valence-corrected chi connectivity index (χ4v) is 2.85. The summed E-state index contributed by atoms with van der Waals surface area (Å²) in [7, 11) is 1.79. The van der Waals surface area contributed by atoms with Crippen LogP contribution in [0.4, 0.5) is 0 Å². The molecule has 140 valence electrons. The van der Waals surface area contributed by atoms with Crippen molar-refractivity contribution < 1.29 is 9.53 Å². The van der Waals surface area contributed by atoms with E-state index < -0.39 is 0 Å². The average Bonchev–Trinajstić information content (AvgIpc) is 3.08. The number of carbonyl (C=O) groups excluding carboxylic acids is 1. The number of aryl methyl sites for hydroxylation is 1. The lowest BCUT2D eigenvalue weighted by Gasteiger charge is -2.12. The van der Waals surface area contributed by atoms with Crippen LogP contribution in [-0.2, 0) is 7.05 Å². The molecule has 0 unspecified atom stereocenters. The summed E-state index contributed by atoms with van der Waals surface area (Å²) in [4.78, 5) is 12.4. The molecule has 5 heteroatoms. The van der Waals surface area contributed by atoms with Crippen LogP contribution in [0.25, 0.3) is 11.1 Å². The normalized spacial score (nSPS) is 10.8. The van der Waals surface area contributed by atoms with Gasteiger partial charge in [-0.2, -0.15) is 5.10 Å². The summed E-state index contributed by atoms with van der Waals surface area (Å²) in [6.07, 6.45) is 0. The van der Waals surface area contributed by atoms with Gasteiger partial charge in [0.1, 0.15) is 18.1 Å². The highest BCUT2D eigenvalue weighted by molar-refractivity contribution is 5.92. The van der Waals surface area contributed by atoms with Crippen LogP contribution >= 0.6 is 0 Å². The number of para-hydroxylation sites is 1. The minimum absolute atomic E-state index is 0.142. The molecule has 3 aromatic rings. The summed E-state index contributed by atoms with van der Waals surface area (Å²) in [5, 5.41) is 7.27. The van der Waals surface area contributed by atoms with Gasteiger partial charge >= 0.3 is 0 Å². The van der Waals surface area contributed by atoms with Crippen LogP contribution in [-0.4, -0.2) is 28.8 Å². The van der Waals surface area contributed by atoms with Crippen molar-refractivity contribution in [3.63, 3.8) is 0 Å². The van der Waals surface area contributed by atoms with Crippen molar-refractivity contribution in [2.45, 2.75) is 19.8 Å². The first kappa shape index (κ1) is 18.7. The van der Waals surface area contributed by atoms with Crippen LogP contribution in [0.5, 0.6) is 5.75 Å². The quantitative estimate of drug-likeness (QED) is 0.645. The molecule has 0 saturated heterocycles. The van der Waals surface area contributed by atoms with Crippen molar-refractivity contribution in [3.8, 4) is 16.9 Å². The summed E-state index contributed by atoms with van der Waals surface area (Å²) >= 11 is 0. The third-order valence-corrected chi connectivity index (χ3v) is 4.34. The number of nitrogens with zero attached hydrogens (tertiary/aromatic N) is 2. The van der Waals surface area contributed by atoms with E-state index in [4.69, 9.17) is 4.74 Å². The maximum absolute atomic E-state index is 12.4. The number of benzene rings is 2. The van der Waals surface area contributed by atoms with Gasteiger partial charge in [-0.05, 0) is 23.6 Å². The van der Waals surface area contributed by atoms with Crippen LogP contribution in [0.1, 0.15) is 35.9 Å². The summed E-state index contributed by atoms with van der Waals surface area (Å²) in [6, 6.07) is 19.9. The van der Waals surface area contributed by atoms with Crippen LogP contribution in [0.2, 0.25) is 0 Å². The largest absolute Gasteiger partial charge is 0.491 e. The zero-order valence-corrected chi connectivity index (χ0v) is 16.0. The number of nitrogens with one attached hydrogen (secondary N) is 1. The lowest BCUT2D eigenvalue weighted by molar-refractivity contribution is 0.0937. The molecular formula is C22H25N3O2. The summed E-state index contributed by atoms with van der Waals surface area (Å²) in [5.41, 5.74) is 3.62. The maximum atomic E-state index is 12.4. The Bertz CT molecular complexity index is 901. The molecule has 1 heterocycles. The van der Waals surface area contributed by atoms with E-state index in [1.165, 1.54) is 0 Å². The van der Waals surface area contributed by atoms with Gasteiger partial charge in [0.15, 0.2) is 0 Å². The number of rotatable bonds is 7. The molecule has 0 radical (unpaired) electrons. The lowest BCUT2D eigenvalue weighted by Crippen LogP contribution is -2.29. The number of amides is 1. The minimum Gasteiger partial charge on any atom is -0.491 e. The van der Waals surface area contributed by atoms with Crippen molar-refractivity contribution in [1.29, 1.82) is 0 Å². The molecule has 0 aliphatic carbocycles. The monoisotopic (exact) mass is 363 g/mol. The number of hydrogen-bond acceptors (Lipinski definition) is 3. The van der Waals surface area contributed by atoms with Gasteiger partial charge in [0, 0.05) is 12.6 Å². The van der Waals surface area contributed by atoms with Crippen molar-refractivity contribution in [2.75, 3.05) is 13.2 Å². The average molecular weight is 363 g/mol. The molecule has 27 heavy (non-hydrogen) atoms. The fourth-order valence-electron chi connectivity index (χ4n) is 2.85. The van der Waals surface area contributed by atoms with E-state index in [2.05, 4.69) is 36.4 Å². The molecule has 0 aliphatic heterocycles. The van der Waals surface area contributed by atoms with Gasteiger partial charge in [0.2, 0.25) is 0 Å². The third-order valence-electron chi connectivity index (χ3n) is 4.34. The molecule has 0 aliphatic rings. The molecule has 1 amide bonds. The van der Waals surface area contributed by atoms with E-state index >= 15 is 0 Å². The number of ether oxygens (including phenoxy) is 1. The van der Waals surface area contributed by atoms with E-state index in [-0.39, 0.29) is 11.8 Å². The second-order valence-electron chi connectivity index (χ2n) is 6.70. The summed E-state index contributed by atoms with van der Waals surface area (Å²) in [5.74, 6) is 0.952. The van der Waals surface area contributed by atoms with Crippen molar-refractivity contribution in [2.24, 2.45) is 7.05 Å². The summed E-state index contributed by atoms with van der Waals surface area (Å²) in [6.45, 7) is 4.93. The standard InChI is InChI=1S/C22H25N3O2/c1-16(2)19-15-20(25(3)24-19)22(26)23-13-14-27-21-12-8-7-11-18(21)17-9-5-4-6-10-17/h4-12,15-16H,13-14H2,1-3H3,(H,23,26).